The van der Waals surface area contributed by atoms with E-state index < -0.39 is 21.3 Å². The molecule has 0 unspecified atom stereocenters. The van der Waals surface area contributed by atoms with Gasteiger partial charge in [-0.3, -0.25) is 0 Å². The number of hydrogen-bond donors (Lipinski definition) is 2. The molecule has 1 aliphatic carbocycles. The number of rotatable bonds is 4. The van der Waals surface area contributed by atoms with Gasteiger partial charge < -0.3 is 9.84 Å². The van der Waals surface area contributed by atoms with E-state index in [1.807, 2.05) is 0 Å². The Morgan fingerprint density at radius 1 is 1.45 bits per heavy atom. The topological polar surface area (TPSA) is 103 Å². The normalized spacial score (nSPS) is 29.3. The maximum absolute atomic E-state index is 14.6. The second-order valence-corrected chi connectivity index (χ2v) is 7.91. The van der Waals surface area contributed by atoms with Gasteiger partial charge in [0.1, 0.15) is 22.2 Å². The van der Waals surface area contributed by atoms with Crippen molar-refractivity contribution >= 4 is 21.6 Å². The third-order valence-electron chi connectivity index (χ3n) is 3.80. The molecule has 22 heavy (non-hydrogen) atoms. The molecule has 0 saturated heterocycles. The summed E-state index contributed by atoms with van der Waals surface area (Å²) in [5.41, 5.74) is -2.41. The molecule has 124 valence electrons. The molecule has 2 rings (SSSR count). The standard InChI is InChI=1S/C13H18ClFN2O4S/c1-12(18)2-4-13(15,5-3-12)8-21-11-10(14)6-9(7-17-11)22(16,19)20/h6-7,18H,2-5,8H2,1H3,(H2,16,19,20)/t12-,13-. The number of sulfonamides is 1. The molecule has 0 atom stereocenters. The Labute approximate surface area is 133 Å². The van der Waals surface area contributed by atoms with E-state index >= 15 is 0 Å². The molecule has 1 saturated carbocycles. The van der Waals surface area contributed by atoms with Crippen LogP contribution >= 0.6 is 11.6 Å². The fraction of sp³-hybridized carbons (Fsp3) is 0.615. The number of aromatic nitrogens is 1. The average Bonchev–Trinajstić information content (AvgIpc) is 2.40. The van der Waals surface area contributed by atoms with Crippen molar-refractivity contribution in [3.05, 3.63) is 17.3 Å². The zero-order valence-corrected chi connectivity index (χ0v) is 13.6. The summed E-state index contributed by atoms with van der Waals surface area (Å²) < 4.78 is 42.2. The summed E-state index contributed by atoms with van der Waals surface area (Å²) >= 11 is 5.87. The quantitative estimate of drug-likeness (QED) is 0.860. The monoisotopic (exact) mass is 352 g/mol. The number of primary sulfonamides is 1. The lowest BCUT2D eigenvalue weighted by Gasteiger charge is -2.37. The lowest BCUT2D eigenvalue weighted by Crippen LogP contribution is -2.42. The number of ether oxygens (including phenoxy) is 1. The SMILES string of the molecule is C[C@]1(O)CC[C@@](F)(COc2ncc(S(N)(=O)=O)cc2Cl)CC1. The molecule has 9 heteroatoms. The van der Waals surface area contributed by atoms with Gasteiger partial charge >= 0.3 is 0 Å². The minimum Gasteiger partial charge on any atom is -0.473 e. The predicted octanol–water partition coefficient (Wildman–Crippen LogP) is 1.79. The Balaban J connectivity index is 2.03. The van der Waals surface area contributed by atoms with Crippen molar-refractivity contribution in [2.75, 3.05) is 6.61 Å². The van der Waals surface area contributed by atoms with Crippen molar-refractivity contribution in [2.45, 2.75) is 48.8 Å². The van der Waals surface area contributed by atoms with E-state index in [9.17, 15) is 17.9 Å². The molecule has 0 aromatic carbocycles. The van der Waals surface area contributed by atoms with Gasteiger partial charge in [0.15, 0.2) is 0 Å². The fourth-order valence-corrected chi connectivity index (χ4v) is 3.02. The Kier molecular flexibility index (Phi) is 4.68. The van der Waals surface area contributed by atoms with Crippen LogP contribution in [-0.2, 0) is 10.0 Å². The predicted molar refractivity (Wildman–Crippen MR) is 79.0 cm³/mol. The molecular weight excluding hydrogens is 335 g/mol. The highest BCUT2D eigenvalue weighted by Gasteiger charge is 2.40. The Bertz CT molecular complexity index is 656. The van der Waals surface area contributed by atoms with Gasteiger partial charge in [-0.25, -0.2) is 22.9 Å². The van der Waals surface area contributed by atoms with Crippen LogP contribution in [0.5, 0.6) is 5.88 Å². The Morgan fingerprint density at radius 3 is 2.55 bits per heavy atom. The van der Waals surface area contributed by atoms with Crippen LogP contribution in [0.25, 0.3) is 0 Å². The van der Waals surface area contributed by atoms with Crippen LogP contribution in [-0.4, -0.2) is 36.4 Å². The molecule has 0 spiro atoms. The molecule has 1 heterocycles. The fourth-order valence-electron chi connectivity index (χ4n) is 2.25. The number of hydrogen-bond acceptors (Lipinski definition) is 5. The third kappa shape index (κ3) is 4.28. The van der Waals surface area contributed by atoms with Gasteiger partial charge in [-0.05, 0) is 38.7 Å². The number of nitrogens with zero attached hydrogens (tertiary/aromatic N) is 1. The summed E-state index contributed by atoms with van der Waals surface area (Å²) in [6, 6.07) is 1.11. The average molecular weight is 353 g/mol. The van der Waals surface area contributed by atoms with Crippen LogP contribution < -0.4 is 9.88 Å². The molecule has 1 fully saturated rings. The minimum absolute atomic E-state index is 0.0524. The van der Waals surface area contributed by atoms with Crippen LogP contribution in [0, 0.1) is 0 Å². The second kappa shape index (κ2) is 5.92. The molecule has 6 nitrogen and oxygen atoms in total. The van der Waals surface area contributed by atoms with Gasteiger partial charge in [0.05, 0.1) is 11.8 Å². The lowest BCUT2D eigenvalue weighted by molar-refractivity contribution is -0.0483. The number of alkyl halides is 1. The highest BCUT2D eigenvalue weighted by Crippen LogP contribution is 2.38. The van der Waals surface area contributed by atoms with Crippen molar-refractivity contribution in [3.63, 3.8) is 0 Å². The van der Waals surface area contributed by atoms with Gasteiger partial charge in [0.25, 0.3) is 0 Å². The van der Waals surface area contributed by atoms with E-state index in [1.165, 1.54) is 0 Å². The molecule has 0 amide bonds. The van der Waals surface area contributed by atoms with Gasteiger partial charge in [0.2, 0.25) is 15.9 Å². The third-order valence-corrected chi connectivity index (χ3v) is 4.95. The zero-order valence-electron chi connectivity index (χ0n) is 12.1. The number of pyridine rings is 1. The van der Waals surface area contributed by atoms with Gasteiger partial charge in [0, 0.05) is 0 Å². The molecule has 3 N–H and O–H groups in total. The van der Waals surface area contributed by atoms with Gasteiger partial charge in [-0.1, -0.05) is 11.6 Å². The van der Waals surface area contributed by atoms with E-state index in [0.29, 0.717) is 12.8 Å². The molecular formula is C13H18ClFN2O4S. The molecule has 0 bridgehead atoms. The van der Waals surface area contributed by atoms with Crippen LogP contribution in [0.1, 0.15) is 32.6 Å². The van der Waals surface area contributed by atoms with E-state index in [1.54, 1.807) is 6.92 Å². The van der Waals surface area contributed by atoms with Crippen molar-refractivity contribution in [1.82, 2.24) is 4.98 Å². The van der Waals surface area contributed by atoms with Gasteiger partial charge in [-0.2, -0.15) is 0 Å². The van der Waals surface area contributed by atoms with Crippen LogP contribution in [0.3, 0.4) is 0 Å². The van der Waals surface area contributed by atoms with Gasteiger partial charge in [-0.15, -0.1) is 0 Å². The first-order valence-electron chi connectivity index (χ1n) is 6.73. The highest BCUT2D eigenvalue weighted by molar-refractivity contribution is 7.89. The number of nitrogens with two attached hydrogens (primary N) is 1. The first kappa shape index (κ1) is 17.4. The first-order valence-corrected chi connectivity index (χ1v) is 8.66. The summed E-state index contributed by atoms with van der Waals surface area (Å²) in [5.74, 6) is -0.0524. The van der Waals surface area contributed by atoms with Crippen LogP contribution in [0.2, 0.25) is 5.02 Å². The first-order chi connectivity index (χ1) is 10.0. The summed E-state index contributed by atoms with van der Waals surface area (Å²) in [6.07, 6.45) is 2.05. The minimum atomic E-state index is -3.91. The van der Waals surface area contributed by atoms with E-state index in [-0.39, 0.29) is 35.2 Å². The number of halogens is 2. The molecule has 1 aromatic heterocycles. The summed E-state index contributed by atoms with van der Waals surface area (Å²) in [5, 5.41) is 14.7. The Morgan fingerprint density at radius 2 is 2.05 bits per heavy atom. The van der Waals surface area contributed by atoms with Crippen molar-refractivity contribution in [2.24, 2.45) is 5.14 Å². The molecule has 1 aliphatic rings. The zero-order chi connectivity index (χ0) is 16.6. The van der Waals surface area contributed by atoms with E-state index in [2.05, 4.69) is 4.98 Å². The second-order valence-electron chi connectivity index (χ2n) is 5.94. The van der Waals surface area contributed by atoms with Crippen molar-refractivity contribution in [1.29, 1.82) is 0 Å². The summed E-state index contributed by atoms with van der Waals surface area (Å²) in [7, 11) is -3.91. The molecule has 0 aliphatic heterocycles. The molecule has 1 aromatic rings. The van der Waals surface area contributed by atoms with E-state index in [0.717, 1.165) is 12.3 Å². The highest BCUT2D eigenvalue weighted by atomic mass is 35.5. The summed E-state index contributed by atoms with van der Waals surface area (Å²) in [6.45, 7) is 1.42. The molecule has 0 radical (unpaired) electrons. The smallest absolute Gasteiger partial charge is 0.239 e. The summed E-state index contributed by atoms with van der Waals surface area (Å²) in [4.78, 5) is 3.52. The number of aliphatic hydroxyl groups is 1. The van der Waals surface area contributed by atoms with Crippen LogP contribution in [0.15, 0.2) is 17.2 Å². The maximum atomic E-state index is 14.6. The lowest BCUT2D eigenvalue weighted by atomic mass is 9.78. The van der Waals surface area contributed by atoms with Crippen LogP contribution in [0.4, 0.5) is 4.39 Å². The Hall–Kier alpha value is -0.960. The van der Waals surface area contributed by atoms with Crippen molar-refractivity contribution < 1.29 is 22.7 Å². The van der Waals surface area contributed by atoms with Crippen molar-refractivity contribution in [3.8, 4) is 5.88 Å². The van der Waals surface area contributed by atoms with E-state index in [4.69, 9.17) is 21.5 Å². The largest absolute Gasteiger partial charge is 0.473 e. The maximum Gasteiger partial charge on any atom is 0.239 e.